The number of hydrogen-bond donors (Lipinski definition) is 1. The summed E-state index contributed by atoms with van der Waals surface area (Å²) < 4.78 is 5.27. The summed E-state index contributed by atoms with van der Waals surface area (Å²) in [6.45, 7) is 0. The van der Waals surface area contributed by atoms with Crippen molar-refractivity contribution in [1.82, 2.24) is 0 Å². The highest BCUT2D eigenvalue weighted by Gasteiger charge is 2.07. The normalized spacial score (nSPS) is 9.94. The van der Waals surface area contributed by atoms with Crippen LogP contribution in [-0.4, -0.2) is 5.91 Å². The third-order valence-corrected chi connectivity index (χ3v) is 2.22. The summed E-state index contributed by atoms with van der Waals surface area (Å²) in [5.41, 5.74) is 1.39. The number of furan rings is 1. The maximum atomic E-state index is 11.4. The zero-order chi connectivity index (χ0) is 11.4. The van der Waals surface area contributed by atoms with E-state index >= 15 is 0 Å². The molecule has 0 unspecified atom stereocenters. The largest absolute Gasteiger partial charge is 0.462 e. The second-order valence-electron chi connectivity index (χ2n) is 3.35. The molecule has 0 aliphatic heterocycles. The van der Waals surface area contributed by atoms with Crippen LogP contribution in [0.4, 0.5) is 5.69 Å². The van der Waals surface area contributed by atoms with E-state index in [1.807, 2.05) is 30.3 Å². The van der Waals surface area contributed by atoms with Crippen molar-refractivity contribution in [3.05, 3.63) is 30.5 Å². The fraction of sp³-hybridized carbons (Fsp3) is 0.167. The molecule has 0 saturated heterocycles. The van der Waals surface area contributed by atoms with Gasteiger partial charge in [-0.15, -0.1) is 0 Å². The molecule has 2 aromatic rings. The smallest absolute Gasteiger partial charge is 0.225 e. The van der Waals surface area contributed by atoms with Crippen molar-refractivity contribution >= 4 is 22.6 Å². The van der Waals surface area contributed by atoms with Crippen molar-refractivity contribution in [3.8, 4) is 6.07 Å². The minimum Gasteiger partial charge on any atom is -0.462 e. The van der Waals surface area contributed by atoms with Gasteiger partial charge in [-0.05, 0) is 12.1 Å². The summed E-state index contributed by atoms with van der Waals surface area (Å²) in [5.74, 6) is -0.173. The fourth-order valence-electron chi connectivity index (χ4n) is 1.46. The number of hydrogen-bond acceptors (Lipinski definition) is 3. The zero-order valence-corrected chi connectivity index (χ0v) is 8.56. The van der Waals surface area contributed by atoms with Crippen LogP contribution in [-0.2, 0) is 4.79 Å². The number of rotatable bonds is 3. The quantitative estimate of drug-likeness (QED) is 0.854. The number of nitrogens with one attached hydrogen (secondary N) is 1. The standard InChI is InChI=1S/C12H10N2O2/c13-7-3-6-12(15)14-10-8-16-11-5-2-1-4-9(10)11/h1-2,4-5,8H,3,6H2,(H,14,15). The Morgan fingerprint density at radius 2 is 2.25 bits per heavy atom. The molecule has 0 aliphatic carbocycles. The van der Waals surface area contributed by atoms with Gasteiger partial charge in [0.1, 0.15) is 11.8 Å². The van der Waals surface area contributed by atoms with E-state index in [1.54, 1.807) is 0 Å². The third kappa shape index (κ3) is 2.04. The lowest BCUT2D eigenvalue weighted by molar-refractivity contribution is -0.116. The molecular formula is C12H10N2O2. The van der Waals surface area contributed by atoms with Gasteiger partial charge in [0.15, 0.2) is 0 Å². The van der Waals surface area contributed by atoms with E-state index in [0.29, 0.717) is 5.69 Å². The van der Waals surface area contributed by atoms with Crippen molar-refractivity contribution in [2.45, 2.75) is 12.8 Å². The van der Waals surface area contributed by atoms with E-state index in [2.05, 4.69) is 5.32 Å². The van der Waals surface area contributed by atoms with Crippen LogP contribution in [0.3, 0.4) is 0 Å². The number of para-hydroxylation sites is 1. The van der Waals surface area contributed by atoms with E-state index < -0.39 is 0 Å². The molecule has 0 saturated carbocycles. The van der Waals surface area contributed by atoms with Crippen LogP contribution in [0, 0.1) is 11.3 Å². The molecule has 0 fully saturated rings. The summed E-state index contributed by atoms with van der Waals surface area (Å²) in [7, 11) is 0. The molecule has 0 radical (unpaired) electrons. The van der Waals surface area contributed by atoms with E-state index in [4.69, 9.17) is 9.68 Å². The summed E-state index contributed by atoms with van der Waals surface area (Å²) in [6, 6.07) is 9.38. The predicted molar refractivity (Wildman–Crippen MR) is 59.7 cm³/mol. The Balaban J connectivity index is 2.16. The van der Waals surface area contributed by atoms with Gasteiger partial charge in [0.05, 0.1) is 11.8 Å². The number of carbonyl (C=O) groups is 1. The fourth-order valence-corrected chi connectivity index (χ4v) is 1.46. The Morgan fingerprint density at radius 1 is 1.44 bits per heavy atom. The number of anilines is 1. The number of nitrogens with zero attached hydrogens (tertiary/aromatic N) is 1. The SMILES string of the molecule is N#CCCC(=O)Nc1coc2ccccc12. The molecule has 1 amide bonds. The van der Waals surface area contributed by atoms with Gasteiger partial charge in [0.2, 0.25) is 5.91 Å². The highest BCUT2D eigenvalue weighted by molar-refractivity contribution is 6.00. The Hall–Kier alpha value is -2.28. The predicted octanol–water partition coefficient (Wildman–Crippen LogP) is 2.68. The van der Waals surface area contributed by atoms with E-state index in [9.17, 15) is 4.79 Å². The van der Waals surface area contributed by atoms with Gasteiger partial charge in [-0.3, -0.25) is 4.79 Å². The number of nitriles is 1. The first-order valence-electron chi connectivity index (χ1n) is 4.94. The summed E-state index contributed by atoms with van der Waals surface area (Å²) in [4.78, 5) is 11.4. The van der Waals surface area contributed by atoms with Crippen molar-refractivity contribution in [1.29, 1.82) is 5.26 Å². The summed E-state index contributed by atoms with van der Waals surface area (Å²) >= 11 is 0. The average molecular weight is 214 g/mol. The minimum atomic E-state index is -0.173. The van der Waals surface area contributed by atoms with Crippen LogP contribution in [0.2, 0.25) is 0 Å². The lowest BCUT2D eigenvalue weighted by Gasteiger charge is -1.99. The van der Waals surface area contributed by atoms with Gasteiger partial charge in [-0.1, -0.05) is 12.1 Å². The molecule has 80 valence electrons. The Morgan fingerprint density at radius 3 is 3.06 bits per heavy atom. The average Bonchev–Trinajstić information content (AvgIpc) is 2.70. The molecule has 4 nitrogen and oxygen atoms in total. The first-order valence-corrected chi connectivity index (χ1v) is 4.94. The van der Waals surface area contributed by atoms with E-state index in [0.717, 1.165) is 11.0 Å². The minimum absolute atomic E-state index is 0.173. The molecule has 2 rings (SSSR count). The highest BCUT2D eigenvalue weighted by atomic mass is 16.3. The highest BCUT2D eigenvalue weighted by Crippen LogP contribution is 2.25. The topological polar surface area (TPSA) is 66.0 Å². The molecular weight excluding hydrogens is 204 g/mol. The number of carbonyl (C=O) groups excluding carboxylic acids is 1. The van der Waals surface area contributed by atoms with Crippen LogP contribution < -0.4 is 5.32 Å². The lowest BCUT2D eigenvalue weighted by Crippen LogP contribution is -2.10. The second-order valence-corrected chi connectivity index (χ2v) is 3.35. The summed E-state index contributed by atoms with van der Waals surface area (Å²) in [5, 5.41) is 11.9. The number of amides is 1. The monoisotopic (exact) mass is 214 g/mol. The third-order valence-electron chi connectivity index (χ3n) is 2.22. The van der Waals surface area contributed by atoms with Crippen molar-refractivity contribution in [2.24, 2.45) is 0 Å². The molecule has 16 heavy (non-hydrogen) atoms. The van der Waals surface area contributed by atoms with Gasteiger partial charge in [0.25, 0.3) is 0 Å². The van der Waals surface area contributed by atoms with Crippen molar-refractivity contribution in [2.75, 3.05) is 5.32 Å². The zero-order valence-electron chi connectivity index (χ0n) is 8.56. The Kier molecular flexibility index (Phi) is 2.88. The molecule has 0 atom stereocenters. The maximum absolute atomic E-state index is 11.4. The van der Waals surface area contributed by atoms with E-state index in [1.165, 1.54) is 6.26 Å². The van der Waals surface area contributed by atoms with Gasteiger partial charge in [0, 0.05) is 18.2 Å². The Labute approximate surface area is 92.5 Å². The maximum Gasteiger partial charge on any atom is 0.225 e. The number of fused-ring (bicyclic) bond motifs is 1. The lowest BCUT2D eigenvalue weighted by atomic mass is 10.2. The molecule has 1 aromatic carbocycles. The van der Waals surface area contributed by atoms with Crippen molar-refractivity contribution < 1.29 is 9.21 Å². The van der Waals surface area contributed by atoms with Crippen LogP contribution in [0.5, 0.6) is 0 Å². The van der Waals surface area contributed by atoms with Crippen LogP contribution in [0.1, 0.15) is 12.8 Å². The second kappa shape index (κ2) is 4.49. The molecule has 1 heterocycles. The molecule has 4 heteroatoms. The Bertz CT molecular complexity index is 551. The van der Waals surface area contributed by atoms with Crippen LogP contribution in [0.15, 0.2) is 34.9 Å². The van der Waals surface area contributed by atoms with E-state index in [-0.39, 0.29) is 18.7 Å². The molecule has 1 N–H and O–H groups in total. The van der Waals surface area contributed by atoms with Crippen LogP contribution >= 0.6 is 0 Å². The summed E-state index contributed by atoms with van der Waals surface area (Å²) in [6.07, 6.45) is 1.94. The molecule has 1 aromatic heterocycles. The van der Waals surface area contributed by atoms with Gasteiger partial charge < -0.3 is 9.73 Å². The first-order chi connectivity index (χ1) is 7.81. The van der Waals surface area contributed by atoms with Gasteiger partial charge >= 0.3 is 0 Å². The van der Waals surface area contributed by atoms with Crippen LogP contribution in [0.25, 0.3) is 11.0 Å². The molecule has 0 aliphatic rings. The van der Waals surface area contributed by atoms with Gasteiger partial charge in [-0.2, -0.15) is 5.26 Å². The molecule has 0 spiro atoms. The first kappa shape index (κ1) is 10.2. The number of benzene rings is 1. The van der Waals surface area contributed by atoms with Gasteiger partial charge in [-0.25, -0.2) is 0 Å². The van der Waals surface area contributed by atoms with Crippen molar-refractivity contribution in [3.63, 3.8) is 0 Å². The molecule has 0 bridgehead atoms.